The first-order chi connectivity index (χ1) is 13.8. The molecule has 5 nitrogen and oxygen atoms in total. The topological polar surface area (TPSA) is 66.3 Å². The third-order valence-corrected chi connectivity index (χ3v) is 6.08. The van der Waals surface area contributed by atoms with Crippen LogP contribution in [0, 0.1) is 12.3 Å². The molecule has 0 amide bonds. The van der Waals surface area contributed by atoms with Crippen molar-refractivity contribution >= 4 is 22.4 Å². The quantitative estimate of drug-likeness (QED) is 0.690. The van der Waals surface area contributed by atoms with E-state index in [1.807, 2.05) is 25.4 Å². The van der Waals surface area contributed by atoms with Gasteiger partial charge in [-0.25, -0.2) is 0 Å². The van der Waals surface area contributed by atoms with Crippen LogP contribution in [0.1, 0.15) is 37.9 Å². The van der Waals surface area contributed by atoms with Crippen LogP contribution in [0.5, 0.6) is 0 Å². The molecule has 3 aromatic rings. The maximum Gasteiger partial charge on any atom is 0.307 e. The minimum atomic E-state index is -0.826. The summed E-state index contributed by atoms with van der Waals surface area (Å²) in [5.41, 5.74) is 5.00. The Bertz CT molecular complexity index is 1060. The number of rotatable bonds is 4. The zero-order valence-electron chi connectivity index (χ0n) is 17.3. The third-order valence-electron chi connectivity index (χ3n) is 6.08. The lowest BCUT2D eigenvalue weighted by Crippen LogP contribution is -2.38. The number of aryl methyl sites for hydroxylation is 1. The van der Waals surface area contributed by atoms with E-state index in [0.29, 0.717) is 5.41 Å². The first kappa shape index (κ1) is 19.4. The fourth-order valence-corrected chi connectivity index (χ4v) is 4.16. The van der Waals surface area contributed by atoms with Crippen LogP contribution in [0.15, 0.2) is 42.9 Å². The average molecular weight is 389 g/mol. The highest BCUT2D eigenvalue weighted by Crippen LogP contribution is 2.40. The number of carboxylic acid groups (broad SMARTS) is 1. The molecule has 0 saturated carbocycles. The van der Waals surface area contributed by atoms with Crippen LogP contribution in [-0.2, 0) is 11.2 Å². The van der Waals surface area contributed by atoms with Gasteiger partial charge < -0.3 is 10.0 Å². The summed E-state index contributed by atoms with van der Waals surface area (Å²) in [5, 5.41) is 11.7. The van der Waals surface area contributed by atoms with Gasteiger partial charge in [-0.15, -0.1) is 0 Å². The van der Waals surface area contributed by atoms with Gasteiger partial charge in [-0.3, -0.25) is 14.8 Å². The second-order valence-electron chi connectivity index (χ2n) is 8.74. The van der Waals surface area contributed by atoms with Gasteiger partial charge in [0.2, 0.25) is 0 Å². The van der Waals surface area contributed by atoms with Crippen molar-refractivity contribution in [1.82, 2.24) is 9.97 Å². The molecule has 4 rings (SSSR count). The fraction of sp³-hybridized carbons (Fsp3) is 0.375. The number of anilines is 1. The Morgan fingerprint density at radius 1 is 1.14 bits per heavy atom. The van der Waals surface area contributed by atoms with Gasteiger partial charge in [0.1, 0.15) is 0 Å². The van der Waals surface area contributed by atoms with Gasteiger partial charge in [-0.1, -0.05) is 26.0 Å². The Morgan fingerprint density at radius 3 is 2.62 bits per heavy atom. The molecule has 0 unspecified atom stereocenters. The molecule has 2 aromatic heterocycles. The number of benzene rings is 1. The van der Waals surface area contributed by atoms with Crippen LogP contribution in [-0.4, -0.2) is 34.1 Å². The number of aromatic nitrogens is 2. The van der Waals surface area contributed by atoms with Crippen LogP contribution < -0.4 is 4.90 Å². The number of fused-ring (bicyclic) bond motifs is 1. The van der Waals surface area contributed by atoms with Gasteiger partial charge in [0.05, 0.1) is 12.1 Å². The third kappa shape index (κ3) is 3.95. The van der Waals surface area contributed by atoms with Crippen LogP contribution in [0.3, 0.4) is 0 Å². The minimum Gasteiger partial charge on any atom is -0.481 e. The van der Waals surface area contributed by atoms with Crippen molar-refractivity contribution < 1.29 is 9.90 Å². The molecule has 5 heteroatoms. The highest BCUT2D eigenvalue weighted by molar-refractivity contribution is 5.91. The van der Waals surface area contributed by atoms with E-state index in [1.54, 1.807) is 6.20 Å². The largest absolute Gasteiger partial charge is 0.481 e. The summed E-state index contributed by atoms with van der Waals surface area (Å²) >= 11 is 0. The SMILES string of the molecule is Cc1ncc(-c2ccc3ccncc3c2)c(N2CCC(C)(C)CC2)c1CC(=O)O. The first-order valence-corrected chi connectivity index (χ1v) is 10.1. The van der Waals surface area contributed by atoms with Gasteiger partial charge >= 0.3 is 5.97 Å². The summed E-state index contributed by atoms with van der Waals surface area (Å²) in [6, 6.07) is 8.30. The van der Waals surface area contributed by atoms with E-state index in [9.17, 15) is 9.90 Å². The fourth-order valence-electron chi connectivity index (χ4n) is 4.16. The first-order valence-electron chi connectivity index (χ1n) is 10.1. The average Bonchev–Trinajstić information content (AvgIpc) is 2.69. The van der Waals surface area contributed by atoms with Crippen molar-refractivity contribution in [2.24, 2.45) is 5.41 Å². The van der Waals surface area contributed by atoms with Gasteiger partial charge in [-0.05, 0) is 48.3 Å². The summed E-state index contributed by atoms with van der Waals surface area (Å²) in [6.07, 6.45) is 7.71. The molecular weight excluding hydrogens is 362 g/mol. The van der Waals surface area contributed by atoms with E-state index in [0.717, 1.165) is 64.8 Å². The zero-order chi connectivity index (χ0) is 20.6. The van der Waals surface area contributed by atoms with Crippen LogP contribution in [0.4, 0.5) is 5.69 Å². The Kier molecular flexibility index (Phi) is 4.99. The predicted molar refractivity (Wildman–Crippen MR) is 116 cm³/mol. The molecule has 150 valence electrons. The lowest BCUT2D eigenvalue weighted by atomic mass is 9.82. The number of pyridine rings is 2. The highest BCUT2D eigenvalue weighted by atomic mass is 16.4. The molecule has 0 bridgehead atoms. The van der Waals surface area contributed by atoms with Gasteiger partial charge in [0.25, 0.3) is 0 Å². The Balaban J connectivity index is 1.87. The maximum atomic E-state index is 11.6. The summed E-state index contributed by atoms with van der Waals surface area (Å²) in [6.45, 7) is 8.36. The Hall–Kier alpha value is -2.95. The predicted octanol–water partition coefficient (Wildman–Crippen LogP) is 4.86. The van der Waals surface area contributed by atoms with Crippen molar-refractivity contribution in [3.63, 3.8) is 0 Å². The highest BCUT2D eigenvalue weighted by Gasteiger charge is 2.29. The summed E-state index contributed by atoms with van der Waals surface area (Å²) in [4.78, 5) is 22.8. The van der Waals surface area contributed by atoms with Gasteiger partial charge in [-0.2, -0.15) is 0 Å². The number of piperidine rings is 1. The second kappa shape index (κ2) is 7.47. The van der Waals surface area contributed by atoms with Crippen molar-refractivity contribution in [2.45, 2.75) is 40.0 Å². The van der Waals surface area contributed by atoms with Crippen molar-refractivity contribution in [1.29, 1.82) is 0 Å². The van der Waals surface area contributed by atoms with Crippen LogP contribution >= 0.6 is 0 Å². The van der Waals surface area contributed by atoms with Gasteiger partial charge in [0.15, 0.2) is 0 Å². The lowest BCUT2D eigenvalue weighted by Gasteiger charge is -2.40. The maximum absolute atomic E-state index is 11.6. The second-order valence-corrected chi connectivity index (χ2v) is 8.74. The molecular formula is C24H27N3O2. The number of nitrogens with zero attached hydrogens (tertiary/aromatic N) is 3. The molecule has 0 atom stereocenters. The molecule has 1 N–H and O–H groups in total. The van der Waals surface area contributed by atoms with Gasteiger partial charge in [0, 0.05) is 53.9 Å². The zero-order valence-corrected chi connectivity index (χ0v) is 17.3. The Labute approximate surface area is 171 Å². The van der Waals surface area contributed by atoms with Crippen molar-refractivity contribution in [3.8, 4) is 11.1 Å². The molecule has 1 aliphatic rings. The molecule has 1 aromatic carbocycles. The molecule has 1 fully saturated rings. The number of aliphatic carboxylic acids is 1. The molecule has 0 spiro atoms. The summed E-state index contributed by atoms with van der Waals surface area (Å²) in [7, 11) is 0. The smallest absolute Gasteiger partial charge is 0.307 e. The number of hydrogen-bond donors (Lipinski definition) is 1. The van der Waals surface area contributed by atoms with E-state index in [2.05, 4.69) is 46.9 Å². The molecule has 1 aliphatic heterocycles. The number of carboxylic acids is 1. The standard InChI is InChI=1S/C24H27N3O2/c1-16-20(13-22(28)29)23(27-10-7-24(2,3)8-11-27)21(15-26-16)18-5-4-17-6-9-25-14-19(17)12-18/h4-6,9,12,14-15H,7-8,10-11,13H2,1-3H3,(H,28,29). The monoisotopic (exact) mass is 389 g/mol. The van der Waals surface area contributed by atoms with E-state index in [1.165, 1.54) is 0 Å². The molecule has 29 heavy (non-hydrogen) atoms. The lowest BCUT2D eigenvalue weighted by molar-refractivity contribution is -0.136. The Morgan fingerprint density at radius 2 is 1.90 bits per heavy atom. The minimum absolute atomic E-state index is 0.0168. The van der Waals surface area contributed by atoms with Crippen molar-refractivity contribution in [3.05, 3.63) is 54.1 Å². The molecule has 0 aliphatic carbocycles. The van der Waals surface area contributed by atoms with Crippen LogP contribution in [0.2, 0.25) is 0 Å². The van der Waals surface area contributed by atoms with E-state index >= 15 is 0 Å². The van der Waals surface area contributed by atoms with E-state index < -0.39 is 5.97 Å². The molecule has 3 heterocycles. The number of carbonyl (C=O) groups is 1. The van der Waals surface area contributed by atoms with Crippen LogP contribution in [0.25, 0.3) is 21.9 Å². The van der Waals surface area contributed by atoms with E-state index in [-0.39, 0.29) is 6.42 Å². The van der Waals surface area contributed by atoms with Crippen molar-refractivity contribution in [2.75, 3.05) is 18.0 Å². The summed E-state index contributed by atoms with van der Waals surface area (Å²) < 4.78 is 0. The molecule has 0 radical (unpaired) electrons. The number of hydrogen-bond acceptors (Lipinski definition) is 4. The summed E-state index contributed by atoms with van der Waals surface area (Å²) in [5.74, 6) is -0.826. The van der Waals surface area contributed by atoms with E-state index in [4.69, 9.17) is 0 Å². The molecule has 1 saturated heterocycles. The normalized spacial score (nSPS) is 16.2.